The lowest BCUT2D eigenvalue weighted by Gasteiger charge is -2.46. The molecule has 0 aromatic carbocycles. The van der Waals surface area contributed by atoms with Gasteiger partial charge in [-0.25, -0.2) is 0 Å². The Labute approximate surface area is 571 Å². The summed E-state index contributed by atoms with van der Waals surface area (Å²) in [4.78, 5) is 13.4. The van der Waals surface area contributed by atoms with Gasteiger partial charge in [0.25, 0.3) is 0 Å². The Bertz CT molecular complexity index is 2040. The van der Waals surface area contributed by atoms with E-state index in [1.165, 1.54) is 135 Å². The van der Waals surface area contributed by atoms with E-state index < -0.39 is 86.8 Å². The van der Waals surface area contributed by atoms with E-state index in [9.17, 15) is 45.6 Å². The van der Waals surface area contributed by atoms with E-state index in [2.05, 4.69) is 141 Å². The highest BCUT2D eigenvalue weighted by Crippen LogP contribution is 2.30. The SMILES string of the molecule is CC/C=C\C/C=C\C/C=C\C/C=C\C/C=C\C/C=C\C/C=C\C/C=C\C/C=C\C/C=C\CCCCCCC(=O)NC(COC1OC(CO)C(OC2OC(CO)C(O)C(O)C2O)C(O)C1O)C(O)CCCCCCCCCCCCCCCCCCCCCCCCCCC. The Hall–Kier alpha value is -3.61. The molecule has 94 heavy (non-hydrogen) atoms. The normalized spacial score (nSPS) is 23.2. The first-order chi connectivity index (χ1) is 46.1. The van der Waals surface area contributed by atoms with Gasteiger partial charge in [0.1, 0.15) is 48.8 Å². The average Bonchev–Trinajstić information content (AvgIpc) is 0.794. The Morgan fingerprint density at radius 1 is 0.394 bits per heavy atom. The molecule has 540 valence electrons. The Kier molecular flexibility index (Phi) is 57.8. The predicted octanol–water partition coefficient (Wildman–Crippen LogP) is 16.5. The lowest BCUT2D eigenvalue weighted by Crippen LogP contribution is -2.65. The van der Waals surface area contributed by atoms with Gasteiger partial charge in [0.15, 0.2) is 12.6 Å². The van der Waals surface area contributed by atoms with Gasteiger partial charge in [0, 0.05) is 6.42 Å². The number of carbonyl (C=O) groups excluding carboxylic acids is 1. The summed E-state index contributed by atoms with van der Waals surface area (Å²) >= 11 is 0. The minimum Gasteiger partial charge on any atom is -0.394 e. The molecule has 0 saturated carbocycles. The van der Waals surface area contributed by atoms with Crippen LogP contribution in [0.3, 0.4) is 0 Å². The van der Waals surface area contributed by atoms with Gasteiger partial charge in [0.2, 0.25) is 5.91 Å². The Morgan fingerprint density at radius 2 is 0.734 bits per heavy atom. The molecule has 12 unspecified atom stereocenters. The third kappa shape index (κ3) is 45.8. The average molecular weight is 1320 g/mol. The van der Waals surface area contributed by atoms with Gasteiger partial charge in [-0.1, -0.05) is 309 Å². The van der Waals surface area contributed by atoms with Crippen molar-refractivity contribution in [3.63, 3.8) is 0 Å². The van der Waals surface area contributed by atoms with Crippen molar-refractivity contribution in [2.75, 3.05) is 19.8 Å². The van der Waals surface area contributed by atoms with Gasteiger partial charge in [0.05, 0.1) is 32.0 Å². The predicted molar refractivity (Wildman–Crippen MR) is 387 cm³/mol. The van der Waals surface area contributed by atoms with Crippen molar-refractivity contribution in [2.45, 2.75) is 357 Å². The van der Waals surface area contributed by atoms with Crippen molar-refractivity contribution in [2.24, 2.45) is 0 Å². The van der Waals surface area contributed by atoms with Crippen molar-refractivity contribution < 1.29 is 64.6 Å². The molecule has 0 spiro atoms. The zero-order chi connectivity index (χ0) is 68.0. The molecule has 2 saturated heterocycles. The van der Waals surface area contributed by atoms with Crippen molar-refractivity contribution >= 4 is 5.91 Å². The van der Waals surface area contributed by atoms with Crippen LogP contribution in [0.5, 0.6) is 0 Å². The fourth-order valence-electron chi connectivity index (χ4n) is 11.7. The van der Waals surface area contributed by atoms with E-state index in [1.807, 2.05) is 0 Å². The number of hydrogen-bond acceptors (Lipinski definition) is 13. The molecule has 2 aliphatic heterocycles. The zero-order valence-corrected chi connectivity index (χ0v) is 58.9. The highest BCUT2D eigenvalue weighted by molar-refractivity contribution is 5.76. The number of unbranched alkanes of at least 4 members (excludes halogenated alkanes) is 28. The number of hydrogen-bond donors (Lipinski definition) is 9. The largest absolute Gasteiger partial charge is 0.394 e. The van der Waals surface area contributed by atoms with E-state index in [0.717, 1.165) is 116 Å². The molecule has 9 N–H and O–H groups in total. The molecule has 0 aromatic heterocycles. The summed E-state index contributed by atoms with van der Waals surface area (Å²) in [6.07, 6.45) is 75.0. The van der Waals surface area contributed by atoms with Crippen LogP contribution in [0.2, 0.25) is 0 Å². The summed E-state index contributed by atoms with van der Waals surface area (Å²) in [6.45, 7) is 2.75. The lowest BCUT2D eigenvalue weighted by molar-refractivity contribution is -0.359. The van der Waals surface area contributed by atoms with Crippen molar-refractivity contribution in [1.82, 2.24) is 5.32 Å². The Morgan fingerprint density at radius 3 is 1.13 bits per heavy atom. The van der Waals surface area contributed by atoms with Gasteiger partial charge in [-0.3, -0.25) is 4.79 Å². The van der Waals surface area contributed by atoms with Crippen LogP contribution < -0.4 is 5.32 Å². The first-order valence-corrected chi connectivity index (χ1v) is 37.8. The molecule has 2 rings (SSSR count). The maximum Gasteiger partial charge on any atom is 0.220 e. The number of carbonyl (C=O) groups is 1. The summed E-state index contributed by atoms with van der Waals surface area (Å²) in [6, 6.07) is -0.854. The minimum atomic E-state index is -1.79. The maximum absolute atomic E-state index is 13.4. The van der Waals surface area contributed by atoms with E-state index >= 15 is 0 Å². The number of rotatable bonds is 61. The highest BCUT2D eigenvalue weighted by atomic mass is 16.7. The molecule has 14 nitrogen and oxygen atoms in total. The van der Waals surface area contributed by atoms with E-state index in [-0.39, 0.29) is 18.9 Å². The molecule has 0 aromatic rings. The van der Waals surface area contributed by atoms with Crippen LogP contribution in [0.4, 0.5) is 0 Å². The second-order valence-corrected chi connectivity index (χ2v) is 26.0. The number of nitrogens with one attached hydrogen (secondary N) is 1. The molecule has 1 amide bonds. The number of allylic oxidation sites excluding steroid dienone is 20. The molecular formula is C80H137NO13. The molecular weight excluding hydrogens is 1180 g/mol. The number of amides is 1. The van der Waals surface area contributed by atoms with Gasteiger partial charge in [-0.05, 0) is 89.9 Å². The smallest absolute Gasteiger partial charge is 0.220 e. The third-order valence-electron chi connectivity index (χ3n) is 17.7. The standard InChI is InChI=1S/C80H137NO13/c1-3-5-7-9-11-13-15-17-19-21-23-25-27-29-30-31-32-33-34-35-36-37-38-40-42-44-46-48-50-52-54-56-58-60-62-64-72(85)81-68(67-91-79-77(90)75(88)78(71(66-83)93-79)94-80-76(89)74(87)73(86)70(65-82)92-80)69(84)63-61-59-57-55-53-51-49-47-45-43-41-39-28-26-24-22-20-18-16-14-12-10-8-6-4-2/h5,7,11,13,17,19,23,25,29-30,32-33,35-36,38,40,44,46,50,52,68-71,73-80,82-84,86-90H,3-4,6,8-10,12,14-16,18,20-22,24,26-28,31,34,37,39,41-43,45,47-49,51,53-67H2,1-2H3,(H,81,85)/b7-5-,13-11-,19-17-,25-23-,30-29-,33-32-,36-35-,40-38-,46-44-,52-50-. The molecule has 2 fully saturated rings. The fraction of sp³-hybridized carbons (Fsp3) is 0.738. The quantitative estimate of drug-likeness (QED) is 0.0204. The second kappa shape index (κ2) is 62.9. The van der Waals surface area contributed by atoms with E-state index in [1.54, 1.807) is 0 Å². The van der Waals surface area contributed by atoms with Gasteiger partial charge in [-0.15, -0.1) is 0 Å². The monoisotopic (exact) mass is 1320 g/mol. The van der Waals surface area contributed by atoms with Crippen molar-refractivity contribution in [1.29, 1.82) is 0 Å². The second-order valence-electron chi connectivity index (χ2n) is 26.0. The maximum atomic E-state index is 13.4. The summed E-state index contributed by atoms with van der Waals surface area (Å²) in [5.41, 5.74) is 0. The molecule has 2 aliphatic rings. The summed E-state index contributed by atoms with van der Waals surface area (Å²) in [5.74, 6) is -0.233. The zero-order valence-electron chi connectivity index (χ0n) is 58.9. The van der Waals surface area contributed by atoms with E-state index in [4.69, 9.17) is 18.9 Å². The van der Waals surface area contributed by atoms with Crippen LogP contribution in [0.25, 0.3) is 0 Å². The van der Waals surface area contributed by atoms with Gasteiger partial charge < -0.3 is 65.1 Å². The van der Waals surface area contributed by atoms with Crippen LogP contribution in [0, 0.1) is 0 Å². The Balaban J connectivity index is 1.67. The van der Waals surface area contributed by atoms with E-state index in [0.29, 0.717) is 12.8 Å². The molecule has 0 radical (unpaired) electrons. The number of ether oxygens (including phenoxy) is 4. The summed E-state index contributed by atoms with van der Waals surface area (Å²) in [5, 5.41) is 87.7. The molecule has 0 aliphatic carbocycles. The van der Waals surface area contributed by atoms with Crippen molar-refractivity contribution in [3.05, 3.63) is 122 Å². The number of aliphatic hydroxyl groups excluding tert-OH is 8. The van der Waals surface area contributed by atoms with Crippen LogP contribution in [0.1, 0.15) is 284 Å². The topological polar surface area (TPSA) is 228 Å². The third-order valence-corrected chi connectivity index (χ3v) is 17.7. The molecule has 14 heteroatoms. The van der Waals surface area contributed by atoms with Crippen LogP contribution >= 0.6 is 0 Å². The molecule has 12 atom stereocenters. The van der Waals surface area contributed by atoms with Gasteiger partial charge in [-0.2, -0.15) is 0 Å². The van der Waals surface area contributed by atoms with Gasteiger partial charge >= 0.3 is 0 Å². The lowest BCUT2D eigenvalue weighted by atomic mass is 9.97. The first-order valence-electron chi connectivity index (χ1n) is 37.8. The molecule has 0 bridgehead atoms. The van der Waals surface area contributed by atoms with Crippen LogP contribution in [-0.4, -0.2) is 140 Å². The fourth-order valence-corrected chi connectivity index (χ4v) is 11.7. The molecule has 2 heterocycles. The van der Waals surface area contributed by atoms with Crippen LogP contribution in [0.15, 0.2) is 122 Å². The minimum absolute atomic E-state index is 0.233. The summed E-state index contributed by atoms with van der Waals surface area (Å²) < 4.78 is 22.9. The number of aliphatic hydroxyl groups is 8. The van der Waals surface area contributed by atoms with Crippen molar-refractivity contribution in [3.8, 4) is 0 Å². The highest BCUT2D eigenvalue weighted by Gasteiger charge is 2.51. The van der Waals surface area contributed by atoms with Crippen LogP contribution in [-0.2, 0) is 23.7 Å². The summed E-state index contributed by atoms with van der Waals surface area (Å²) in [7, 11) is 0. The first kappa shape index (κ1) is 86.5.